The van der Waals surface area contributed by atoms with Crippen LogP contribution in [-0.4, -0.2) is 33.8 Å². The Bertz CT molecular complexity index is 446. The van der Waals surface area contributed by atoms with Gasteiger partial charge in [-0.25, -0.2) is 13.1 Å². The fourth-order valence-corrected chi connectivity index (χ4v) is 3.05. The number of nitrogens with one attached hydrogen (secondary N) is 2. The van der Waals surface area contributed by atoms with E-state index in [1.54, 1.807) is 0 Å². The van der Waals surface area contributed by atoms with Gasteiger partial charge in [0.2, 0.25) is 10.0 Å². The molecule has 0 aliphatic heterocycles. The van der Waals surface area contributed by atoms with Crippen molar-refractivity contribution in [3.05, 3.63) is 35.9 Å². The maximum absolute atomic E-state index is 11.7. The SMILES string of the molecule is CCCNCCCS(=O)(=O)NCCCc1ccccc1. The second kappa shape index (κ2) is 9.91. The van der Waals surface area contributed by atoms with Crippen LogP contribution < -0.4 is 10.0 Å². The lowest BCUT2D eigenvalue weighted by atomic mass is 10.1. The maximum Gasteiger partial charge on any atom is 0.211 e. The third kappa shape index (κ3) is 8.30. The Morgan fingerprint density at radius 1 is 1.00 bits per heavy atom. The van der Waals surface area contributed by atoms with Crippen molar-refractivity contribution < 1.29 is 8.42 Å². The third-order valence-electron chi connectivity index (χ3n) is 3.00. The fraction of sp³-hybridized carbons (Fsp3) is 0.600. The number of sulfonamides is 1. The minimum atomic E-state index is -3.11. The maximum atomic E-state index is 11.7. The molecule has 0 saturated heterocycles. The second-order valence-electron chi connectivity index (χ2n) is 4.91. The molecule has 4 nitrogen and oxygen atoms in total. The number of rotatable bonds is 11. The van der Waals surface area contributed by atoms with Gasteiger partial charge in [0.25, 0.3) is 0 Å². The average molecular weight is 298 g/mol. The van der Waals surface area contributed by atoms with Crippen LogP contribution >= 0.6 is 0 Å². The molecule has 0 amide bonds. The molecule has 0 heterocycles. The Morgan fingerprint density at radius 3 is 2.45 bits per heavy atom. The molecule has 0 radical (unpaired) electrons. The lowest BCUT2D eigenvalue weighted by Crippen LogP contribution is -2.29. The van der Waals surface area contributed by atoms with Gasteiger partial charge in [0.15, 0.2) is 0 Å². The molecule has 1 rings (SSSR count). The molecule has 0 spiro atoms. The van der Waals surface area contributed by atoms with Crippen molar-refractivity contribution in [2.45, 2.75) is 32.6 Å². The molecule has 0 unspecified atom stereocenters. The Morgan fingerprint density at radius 2 is 1.75 bits per heavy atom. The van der Waals surface area contributed by atoms with Crippen LogP contribution in [0.1, 0.15) is 31.7 Å². The number of benzene rings is 1. The van der Waals surface area contributed by atoms with Crippen LogP contribution in [0.5, 0.6) is 0 Å². The first-order valence-electron chi connectivity index (χ1n) is 7.36. The Labute approximate surface area is 123 Å². The monoisotopic (exact) mass is 298 g/mol. The highest BCUT2D eigenvalue weighted by Gasteiger charge is 2.08. The zero-order chi connectivity index (χ0) is 14.7. The molecule has 0 aliphatic carbocycles. The minimum Gasteiger partial charge on any atom is -0.317 e. The van der Waals surface area contributed by atoms with E-state index in [1.807, 2.05) is 18.2 Å². The van der Waals surface area contributed by atoms with Gasteiger partial charge in [-0.05, 0) is 44.3 Å². The molecule has 0 aromatic heterocycles. The predicted octanol–water partition coefficient (Wildman–Crippen LogP) is 1.93. The molecule has 114 valence electrons. The standard InChI is InChI=1S/C15H26N2O2S/c1-2-11-16-12-7-14-20(18,19)17-13-6-10-15-8-4-3-5-9-15/h3-5,8-9,16-17H,2,6-7,10-14H2,1H3. The van der Waals surface area contributed by atoms with Crippen molar-refractivity contribution >= 4 is 10.0 Å². The summed E-state index contributed by atoms with van der Waals surface area (Å²) in [6.45, 7) is 4.32. The van der Waals surface area contributed by atoms with Gasteiger partial charge in [-0.1, -0.05) is 37.3 Å². The van der Waals surface area contributed by atoms with E-state index in [2.05, 4.69) is 29.1 Å². The van der Waals surface area contributed by atoms with Crippen LogP contribution in [0.15, 0.2) is 30.3 Å². The van der Waals surface area contributed by atoms with E-state index >= 15 is 0 Å². The molecular weight excluding hydrogens is 272 g/mol. The van der Waals surface area contributed by atoms with E-state index in [9.17, 15) is 8.42 Å². The van der Waals surface area contributed by atoms with Crippen LogP contribution in [0.4, 0.5) is 0 Å². The van der Waals surface area contributed by atoms with Crippen LogP contribution in [0.2, 0.25) is 0 Å². The van der Waals surface area contributed by atoms with Crippen molar-refractivity contribution in [3.8, 4) is 0 Å². The summed E-state index contributed by atoms with van der Waals surface area (Å²) >= 11 is 0. The molecule has 1 aromatic carbocycles. The topological polar surface area (TPSA) is 58.2 Å². The van der Waals surface area contributed by atoms with E-state index in [0.717, 1.165) is 32.4 Å². The Balaban J connectivity index is 2.10. The van der Waals surface area contributed by atoms with Gasteiger partial charge in [0, 0.05) is 6.54 Å². The van der Waals surface area contributed by atoms with Gasteiger partial charge in [-0.15, -0.1) is 0 Å². The van der Waals surface area contributed by atoms with Crippen LogP contribution in [0.3, 0.4) is 0 Å². The van der Waals surface area contributed by atoms with Crippen molar-refractivity contribution in [2.75, 3.05) is 25.4 Å². The number of aryl methyl sites for hydroxylation is 1. The van der Waals surface area contributed by atoms with Crippen molar-refractivity contribution in [3.63, 3.8) is 0 Å². The van der Waals surface area contributed by atoms with E-state index in [-0.39, 0.29) is 5.75 Å². The molecule has 0 fully saturated rings. The zero-order valence-electron chi connectivity index (χ0n) is 12.3. The van der Waals surface area contributed by atoms with Gasteiger partial charge in [0.05, 0.1) is 5.75 Å². The summed E-state index contributed by atoms with van der Waals surface area (Å²) in [5.41, 5.74) is 1.25. The number of hydrogen-bond donors (Lipinski definition) is 2. The summed E-state index contributed by atoms with van der Waals surface area (Å²) in [6, 6.07) is 10.1. The highest BCUT2D eigenvalue weighted by Crippen LogP contribution is 2.01. The predicted molar refractivity (Wildman–Crippen MR) is 84.3 cm³/mol. The van der Waals surface area contributed by atoms with Crippen LogP contribution in [-0.2, 0) is 16.4 Å². The van der Waals surface area contributed by atoms with Crippen LogP contribution in [0, 0.1) is 0 Å². The minimum absolute atomic E-state index is 0.203. The molecule has 0 atom stereocenters. The highest BCUT2D eigenvalue weighted by atomic mass is 32.2. The summed E-state index contributed by atoms with van der Waals surface area (Å²) in [5.74, 6) is 0.203. The first kappa shape index (κ1) is 17.1. The third-order valence-corrected chi connectivity index (χ3v) is 4.47. The Hall–Kier alpha value is -0.910. The first-order chi connectivity index (χ1) is 9.64. The normalized spacial score (nSPS) is 11.7. The Kier molecular flexibility index (Phi) is 8.49. The summed E-state index contributed by atoms with van der Waals surface area (Å²) in [7, 11) is -3.11. The van der Waals surface area contributed by atoms with Crippen molar-refractivity contribution in [1.29, 1.82) is 0 Å². The zero-order valence-corrected chi connectivity index (χ0v) is 13.1. The van der Waals surface area contributed by atoms with Crippen molar-refractivity contribution in [2.24, 2.45) is 0 Å². The van der Waals surface area contributed by atoms with Gasteiger partial charge in [0.1, 0.15) is 0 Å². The lowest BCUT2D eigenvalue weighted by Gasteiger charge is -2.07. The average Bonchev–Trinajstić information content (AvgIpc) is 2.44. The molecule has 0 aliphatic rings. The van der Waals surface area contributed by atoms with Gasteiger partial charge in [-0.3, -0.25) is 0 Å². The molecule has 1 aromatic rings. The second-order valence-corrected chi connectivity index (χ2v) is 6.83. The first-order valence-corrected chi connectivity index (χ1v) is 9.01. The fourth-order valence-electron chi connectivity index (χ4n) is 1.93. The molecule has 2 N–H and O–H groups in total. The van der Waals surface area contributed by atoms with Gasteiger partial charge in [-0.2, -0.15) is 0 Å². The van der Waals surface area contributed by atoms with Gasteiger partial charge >= 0.3 is 0 Å². The number of hydrogen-bond acceptors (Lipinski definition) is 3. The largest absolute Gasteiger partial charge is 0.317 e. The molecule has 0 bridgehead atoms. The molecule has 20 heavy (non-hydrogen) atoms. The summed E-state index contributed by atoms with van der Waals surface area (Å²) in [5, 5.41) is 3.20. The molecular formula is C15H26N2O2S. The van der Waals surface area contributed by atoms with Gasteiger partial charge < -0.3 is 5.32 Å². The quantitative estimate of drug-likeness (QED) is 0.614. The molecule has 5 heteroatoms. The smallest absolute Gasteiger partial charge is 0.211 e. The van der Waals surface area contributed by atoms with Crippen molar-refractivity contribution in [1.82, 2.24) is 10.0 Å². The van der Waals surface area contributed by atoms with Crippen LogP contribution in [0.25, 0.3) is 0 Å². The van der Waals surface area contributed by atoms with E-state index in [4.69, 9.17) is 0 Å². The summed E-state index contributed by atoms with van der Waals surface area (Å²) in [4.78, 5) is 0. The lowest BCUT2D eigenvalue weighted by molar-refractivity contribution is 0.572. The summed E-state index contributed by atoms with van der Waals surface area (Å²) < 4.78 is 26.1. The van der Waals surface area contributed by atoms with E-state index in [0.29, 0.717) is 13.0 Å². The van der Waals surface area contributed by atoms with E-state index < -0.39 is 10.0 Å². The highest BCUT2D eigenvalue weighted by molar-refractivity contribution is 7.89. The summed E-state index contributed by atoms with van der Waals surface area (Å²) in [6.07, 6.45) is 3.47. The molecule has 0 saturated carbocycles. The van der Waals surface area contributed by atoms with E-state index in [1.165, 1.54) is 5.56 Å².